The van der Waals surface area contributed by atoms with E-state index in [1.165, 1.54) is 40.7 Å². The van der Waals surface area contributed by atoms with E-state index in [2.05, 4.69) is 4.72 Å². The fraction of sp³-hybridized carbons (Fsp3) is 0.294. The molecule has 0 aliphatic carbocycles. The Morgan fingerprint density at radius 3 is 2.10 bits per heavy atom. The summed E-state index contributed by atoms with van der Waals surface area (Å²) in [7, 11) is -5.98. The Balaban J connectivity index is 1.81. The van der Waals surface area contributed by atoms with Crippen molar-refractivity contribution in [1.29, 1.82) is 0 Å². The van der Waals surface area contributed by atoms with Crippen LogP contribution in [0.25, 0.3) is 0 Å². The van der Waals surface area contributed by atoms with Crippen LogP contribution in [0, 0.1) is 10.1 Å². The second kappa shape index (κ2) is 8.06. The molecule has 2 aromatic rings. The lowest BCUT2D eigenvalue weighted by Gasteiger charge is -2.31. The molecular weight excluding hydrogens is 420 g/mol. The summed E-state index contributed by atoms with van der Waals surface area (Å²) < 4.78 is 54.2. The highest BCUT2D eigenvalue weighted by Crippen LogP contribution is 2.26. The normalized spacial score (nSPS) is 16.4. The predicted molar refractivity (Wildman–Crippen MR) is 107 cm³/mol. The quantitative estimate of drug-likeness (QED) is 0.530. The van der Waals surface area contributed by atoms with E-state index in [0.29, 0.717) is 26.2 Å². The lowest BCUT2D eigenvalue weighted by molar-refractivity contribution is -0.387. The highest BCUT2D eigenvalue weighted by Gasteiger charge is 2.28. The molecule has 0 bridgehead atoms. The van der Waals surface area contributed by atoms with E-state index in [0.717, 1.165) is 12.1 Å². The highest BCUT2D eigenvalue weighted by molar-refractivity contribution is 7.93. The fourth-order valence-corrected chi connectivity index (χ4v) is 5.57. The van der Waals surface area contributed by atoms with Gasteiger partial charge in [0.15, 0.2) is 4.90 Å². The molecule has 12 heteroatoms. The Bertz CT molecular complexity index is 1110. The number of nitrogens with one attached hydrogen (secondary N) is 1. The molecule has 29 heavy (non-hydrogen) atoms. The van der Waals surface area contributed by atoms with Gasteiger partial charge in [0.25, 0.3) is 15.7 Å². The number of likely N-dealkylation sites (N-methyl/N-ethyl adjacent to an activating group) is 1. The summed E-state index contributed by atoms with van der Waals surface area (Å²) >= 11 is 0. The number of nitro groups is 1. The van der Waals surface area contributed by atoms with Gasteiger partial charge in [0.1, 0.15) is 0 Å². The standard InChI is InChI=1S/C17H20N4O6S2/c1-19-10-12-20(13-11-19)29(26,27)15-8-6-14(7-9-15)18-28(24,25)17-5-3-2-4-16(17)21(22)23/h2-9,18H,10-13H2,1H3. The zero-order valence-corrected chi connectivity index (χ0v) is 17.2. The monoisotopic (exact) mass is 440 g/mol. The van der Waals surface area contributed by atoms with Gasteiger partial charge in [-0.2, -0.15) is 4.31 Å². The Kier molecular flexibility index (Phi) is 5.89. The van der Waals surface area contributed by atoms with Gasteiger partial charge in [-0.1, -0.05) is 12.1 Å². The molecule has 1 aliphatic rings. The molecule has 0 unspecified atom stereocenters. The summed E-state index contributed by atoms with van der Waals surface area (Å²) in [4.78, 5) is 11.9. The summed E-state index contributed by atoms with van der Waals surface area (Å²) in [6, 6.07) is 10.2. The molecule has 1 saturated heterocycles. The van der Waals surface area contributed by atoms with Crippen LogP contribution in [0.5, 0.6) is 0 Å². The van der Waals surface area contributed by atoms with Crippen molar-refractivity contribution in [3.8, 4) is 0 Å². The lowest BCUT2D eigenvalue weighted by Crippen LogP contribution is -2.46. The van der Waals surface area contributed by atoms with Gasteiger partial charge in [-0.05, 0) is 37.4 Å². The molecule has 0 radical (unpaired) electrons. The van der Waals surface area contributed by atoms with Crippen LogP contribution in [-0.2, 0) is 20.0 Å². The van der Waals surface area contributed by atoms with Gasteiger partial charge in [-0.15, -0.1) is 0 Å². The van der Waals surface area contributed by atoms with Gasteiger partial charge >= 0.3 is 0 Å². The Morgan fingerprint density at radius 1 is 0.931 bits per heavy atom. The zero-order chi connectivity index (χ0) is 21.2. The molecule has 0 amide bonds. The summed E-state index contributed by atoms with van der Waals surface area (Å²) in [5.41, 5.74) is -0.449. The largest absolute Gasteiger partial charge is 0.304 e. The number of nitro benzene ring substituents is 1. The minimum Gasteiger partial charge on any atom is -0.304 e. The number of hydrogen-bond acceptors (Lipinski definition) is 7. The van der Waals surface area contributed by atoms with E-state index in [9.17, 15) is 26.9 Å². The van der Waals surface area contributed by atoms with Crippen LogP contribution in [-0.4, -0.2) is 64.2 Å². The fourth-order valence-electron chi connectivity index (χ4n) is 2.92. The third-order valence-corrected chi connectivity index (χ3v) is 7.90. The zero-order valence-electron chi connectivity index (χ0n) is 15.6. The topological polar surface area (TPSA) is 130 Å². The van der Waals surface area contributed by atoms with Crippen LogP contribution in [0.3, 0.4) is 0 Å². The van der Waals surface area contributed by atoms with E-state index >= 15 is 0 Å². The number of sulfonamides is 2. The van der Waals surface area contributed by atoms with Crippen molar-refractivity contribution in [2.24, 2.45) is 0 Å². The van der Waals surface area contributed by atoms with E-state index in [1.54, 1.807) is 0 Å². The second-order valence-electron chi connectivity index (χ2n) is 6.56. The van der Waals surface area contributed by atoms with Crippen molar-refractivity contribution in [1.82, 2.24) is 9.21 Å². The van der Waals surface area contributed by atoms with Crippen molar-refractivity contribution >= 4 is 31.4 Å². The molecule has 156 valence electrons. The first kappa shape index (κ1) is 21.2. The van der Waals surface area contributed by atoms with Crippen LogP contribution in [0.1, 0.15) is 0 Å². The van der Waals surface area contributed by atoms with Gasteiger partial charge in [0, 0.05) is 37.9 Å². The van der Waals surface area contributed by atoms with Crippen molar-refractivity contribution in [3.63, 3.8) is 0 Å². The smallest absolute Gasteiger partial charge is 0.289 e. The minimum atomic E-state index is -4.22. The van der Waals surface area contributed by atoms with E-state index in [-0.39, 0.29) is 10.6 Å². The first-order chi connectivity index (χ1) is 13.6. The van der Waals surface area contributed by atoms with Crippen LogP contribution in [0.2, 0.25) is 0 Å². The molecule has 1 fully saturated rings. The van der Waals surface area contributed by atoms with Crippen LogP contribution >= 0.6 is 0 Å². The van der Waals surface area contributed by atoms with Crippen LogP contribution < -0.4 is 4.72 Å². The van der Waals surface area contributed by atoms with Crippen molar-refractivity contribution in [2.75, 3.05) is 37.9 Å². The van der Waals surface area contributed by atoms with Crippen LogP contribution in [0.15, 0.2) is 58.3 Å². The molecule has 3 rings (SSSR count). The van der Waals surface area contributed by atoms with Crippen molar-refractivity contribution in [2.45, 2.75) is 9.79 Å². The summed E-state index contributed by atoms with van der Waals surface area (Å²) in [6.07, 6.45) is 0. The molecule has 0 saturated carbocycles. The number of nitrogens with zero attached hydrogens (tertiary/aromatic N) is 3. The third kappa shape index (κ3) is 4.56. The van der Waals surface area contributed by atoms with Gasteiger partial charge in [-0.25, -0.2) is 16.8 Å². The van der Waals surface area contributed by atoms with Gasteiger partial charge in [-0.3, -0.25) is 14.8 Å². The lowest BCUT2D eigenvalue weighted by atomic mass is 10.3. The van der Waals surface area contributed by atoms with Crippen LogP contribution in [0.4, 0.5) is 11.4 Å². The molecule has 1 aliphatic heterocycles. The molecule has 1 N–H and O–H groups in total. The Labute approximate surface area is 169 Å². The Morgan fingerprint density at radius 2 is 1.52 bits per heavy atom. The third-order valence-electron chi connectivity index (χ3n) is 4.56. The SMILES string of the molecule is CN1CCN(S(=O)(=O)c2ccc(NS(=O)(=O)c3ccccc3[N+](=O)[O-])cc2)CC1. The molecule has 1 heterocycles. The number of piperazine rings is 1. The number of hydrogen-bond donors (Lipinski definition) is 1. The number of para-hydroxylation sites is 1. The molecule has 2 aromatic carbocycles. The summed E-state index contributed by atoms with van der Waals surface area (Å²) in [6.45, 7) is 2.02. The molecule has 0 aromatic heterocycles. The van der Waals surface area contributed by atoms with Gasteiger partial charge in [0.2, 0.25) is 10.0 Å². The Hall–Kier alpha value is -2.54. The first-order valence-electron chi connectivity index (χ1n) is 8.66. The van der Waals surface area contributed by atoms with E-state index < -0.39 is 35.6 Å². The number of anilines is 1. The summed E-state index contributed by atoms with van der Waals surface area (Å²) in [5, 5.41) is 11.1. The number of rotatable bonds is 6. The van der Waals surface area contributed by atoms with E-state index in [4.69, 9.17) is 0 Å². The first-order valence-corrected chi connectivity index (χ1v) is 11.6. The van der Waals surface area contributed by atoms with Crippen molar-refractivity contribution in [3.05, 3.63) is 58.6 Å². The van der Waals surface area contributed by atoms with Gasteiger partial charge < -0.3 is 4.90 Å². The van der Waals surface area contributed by atoms with Gasteiger partial charge in [0.05, 0.1) is 9.82 Å². The molecular formula is C17H20N4O6S2. The summed E-state index contributed by atoms with van der Waals surface area (Å²) in [5.74, 6) is 0. The average Bonchev–Trinajstić information content (AvgIpc) is 2.68. The maximum absolute atomic E-state index is 12.7. The number of benzene rings is 2. The maximum atomic E-state index is 12.7. The molecule has 0 atom stereocenters. The predicted octanol–water partition coefficient (Wildman–Crippen LogP) is 1.33. The average molecular weight is 441 g/mol. The van der Waals surface area contributed by atoms with E-state index in [1.807, 2.05) is 11.9 Å². The second-order valence-corrected chi connectivity index (χ2v) is 10.2. The highest BCUT2D eigenvalue weighted by atomic mass is 32.2. The maximum Gasteiger partial charge on any atom is 0.289 e. The minimum absolute atomic E-state index is 0.0516. The molecule has 0 spiro atoms. The molecule has 10 nitrogen and oxygen atoms in total. The van der Waals surface area contributed by atoms with Crippen molar-refractivity contribution < 1.29 is 21.8 Å².